The van der Waals surface area contributed by atoms with Crippen molar-refractivity contribution in [1.29, 1.82) is 0 Å². The number of nitrogens with one attached hydrogen (secondary N) is 1. The zero-order valence-electron chi connectivity index (χ0n) is 13.7. The van der Waals surface area contributed by atoms with Crippen LogP contribution in [0.1, 0.15) is 11.1 Å². The van der Waals surface area contributed by atoms with Gasteiger partial charge >= 0.3 is 6.61 Å². The first-order chi connectivity index (χ1) is 12.1. The Morgan fingerprint density at radius 3 is 2.56 bits per heavy atom. The summed E-state index contributed by atoms with van der Waals surface area (Å²) in [6.45, 7) is -2.40. The maximum absolute atomic E-state index is 12.1. The second-order valence-electron chi connectivity index (χ2n) is 5.14. The molecule has 0 fully saturated rings. The molecule has 0 bridgehead atoms. The van der Waals surface area contributed by atoms with Crippen LogP contribution in [0, 0.1) is 0 Å². The normalized spacial score (nSPS) is 10.9. The zero-order valence-corrected chi connectivity index (χ0v) is 13.7. The van der Waals surface area contributed by atoms with Gasteiger partial charge in [0, 0.05) is 18.2 Å². The van der Waals surface area contributed by atoms with Gasteiger partial charge in [-0.15, -0.1) is 0 Å². The lowest BCUT2D eigenvalue weighted by molar-refractivity contribution is -0.116. The molecular weight excluding hydrogens is 328 g/mol. The Hall–Kier alpha value is -2.89. The molecule has 1 N–H and O–H groups in total. The molecule has 6 heteroatoms. The number of ether oxygens (including phenoxy) is 2. The van der Waals surface area contributed by atoms with Crippen molar-refractivity contribution in [3.8, 4) is 11.5 Å². The monoisotopic (exact) mass is 347 g/mol. The Labute approximate surface area is 145 Å². The Balaban J connectivity index is 1.79. The highest BCUT2D eigenvalue weighted by molar-refractivity contribution is 5.92. The Kier molecular flexibility index (Phi) is 6.95. The number of halogens is 2. The smallest absolute Gasteiger partial charge is 0.387 e. The summed E-state index contributed by atoms with van der Waals surface area (Å²) in [5.41, 5.74) is 1.73. The SMILES string of the molecule is COc1ccccc1/C=C/C(=O)NCCc1ccc(OC(F)F)cc1. The van der Waals surface area contributed by atoms with Crippen molar-refractivity contribution in [2.45, 2.75) is 13.0 Å². The van der Waals surface area contributed by atoms with Crippen LogP contribution in [0.25, 0.3) is 6.08 Å². The summed E-state index contributed by atoms with van der Waals surface area (Å²) in [6.07, 6.45) is 3.71. The van der Waals surface area contributed by atoms with E-state index >= 15 is 0 Å². The molecule has 0 aliphatic rings. The summed E-state index contributed by atoms with van der Waals surface area (Å²) in [5, 5.41) is 2.77. The predicted octanol–water partition coefficient (Wildman–Crippen LogP) is 3.67. The average molecular weight is 347 g/mol. The van der Waals surface area contributed by atoms with Crippen LogP contribution in [0.3, 0.4) is 0 Å². The standard InChI is InChI=1S/C19H19F2NO3/c1-24-17-5-3-2-4-15(17)8-11-18(23)22-13-12-14-6-9-16(10-7-14)25-19(20)21/h2-11,19H,12-13H2,1H3,(H,22,23)/b11-8+. The molecule has 0 saturated heterocycles. The lowest BCUT2D eigenvalue weighted by Crippen LogP contribution is -2.23. The fourth-order valence-corrected chi connectivity index (χ4v) is 2.20. The van der Waals surface area contributed by atoms with E-state index in [0.717, 1.165) is 11.1 Å². The largest absolute Gasteiger partial charge is 0.496 e. The van der Waals surface area contributed by atoms with Crippen molar-refractivity contribution in [1.82, 2.24) is 5.32 Å². The summed E-state index contributed by atoms with van der Waals surface area (Å²) in [5.74, 6) is 0.587. The molecule has 0 spiro atoms. The summed E-state index contributed by atoms with van der Waals surface area (Å²) in [7, 11) is 1.57. The highest BCUT2D eigenvalue weighted by atomic mass is 19.3. The Morgan fingerprint density at radius 2 is 1.88 bits per heavy atom. The van der Waals surface area contributed by atoms with Gasteiger partial charge in [0.05, 0.1) is 7.11 Å². The number of benzene rings is 2. The van der Waals surface area contributed by atoms with Crippen LogP contribution in [-0.2, 0) is 11.2 Å². The summed E-state index contributed by atoms with van der Waals surface area (Å²) in [6, 6.07) is 13.7. The lowest BCUT2D eigenvalue weighted by atomic mass is 10.1. The molecule has 2 aromatic carbocycles. The Morgan fingerprint density at radius 1 is 1.16 bits per heavy atom. The highest BCUT2D eigenvalue weighted by Gasteiger charge is 2.04. The van der Waals surface area contributed by atoms with Crippen LogP contribution in [0.4, 0.5) is 8.78 Å². The van der Waals surface area contributed by atoms with Gasteiger partial charge in [-0.2, -0.15) is 8.78 Å². The average Bonchev–Trinajstić information content (AvgIpc) is 2.61. The lowest BCUT2D eigenvalue weighted by Gasteiger charge is -2.06. The fraction of sp³-hybridized carbons (Fsp3) is 0.211. The summed E-state index contributed by atoms with van der Waals surface area (Å²) < 4.78 is 33.6. The van der Waals surface area contributed by atoms with Crippen LogP contribution in [0.2, 0.25) is 0 Å². The first-order valence-corrected chi connectivity index (χ1v) is 7.71. The van der Waals surface area contributed by atoms with Gasteiger partial charge in [-0.1, -0.05) is 30.3 Å². The van der Waals surface area contributed by atoms with Crippen molar-refractivity contribution >= 4 is 12.0 Å². The van der Waals surface area contributed by atoms with Crippen molar-refractivity contribution < 1.29 is 23.0 Å². The molecule has 2 aromatic rings. The van der Waals surface area contributed by atoms with E-state index in [1.54, 1.807) is 25.3 Å². The minimum absolute atomic E-state index is 0.113. The molecule has 2 rings (SSSR count). The van der Waals surface area contributed by atoms with Crippen molar-refractivity contribution in [2.24, 2.45) is 0 Å². The zero-order chi connectivity index (χ0) is 18.1. The molecule has 0 atom stereocenters. The third kappa shape index (κ3) is 6.25. The van der Waals surface area contributed by atoms with Gasteiger partial charge in [0.25, 0.3) is 0 Å². The van der Waals surface area contributed by atoms with E-state index < -0.39 is 6.61 Å². The van der Waals surface area contributed by atoms with E-state index in [9.17, 15) is 13.6 Å². The molecule has 0 radical (unpaired) electrons. The molecule has 132 valence electrons. The number of hydrogen-bond acceptors (Lipinski definition) is 3. The summed E-state index contributed by atoms with van der Waals surface area (Å²) in [4.78, 5) is 11.8. The van der Waals surface area contributed by atoms with Gasteiger partial charge in [0.15, 0.2) is 0 Å². The van der Waals surface area contributed by atoms with Crippen LogP contribution >= 0.6 is 0 Å². The predicted molar refractivity (Wildman–Crippen MR) is 91.8 cm³/mol. The second kappa shape index (κ2) is 9.42. The first kappa shape index (κ1) is 18.4. The van der Waals surface area contributed by atoms with Gasteiger partial charge in [0.1, 0.15) is 11.5 Å². The number of alkyl halides is 2. The third-order valence-corrected chi connectivity index (χ3v) is 3.41. The molecular formula is C19H19F2NO3. The van der Waals surface area contributed by atoms with Gasteiger partial charge < -0.3 is 14.8 Å². The number of para-hydroxylation sites is 1. The van der Waals surface area contributed by atoms with E-state index in [-0.39, 0.29) is 11.7 Å². The van der Waals surface area contributed by atoms with Gasteiger partial charge in [-0.3, -0.25) is 4.79 Å². The van der Waals surface area contributed by atoms with Crippen LogP contribution < -0.4 is 14.8 Å². The Bertz CT molecular complexity index is 715. The molecule has 0 aromatic heterocycles. The number of carbonyl (C=O) groups excluding carboxylic acids is 1. The fourth-order valence-electron chi connectivity index (χ4n) is 2.20. The van der Waals surface area contributed by atoms with E-state index in [1.165, 1.54) is 18.2 Å². The topological polar surface area (TPSA) is 47.6 Å². The number of carbonyl (C=O) groups is 1. The molecule has 0 heterocycles. The molecule has 4 nitrogen and oxygen atoms in total. The second-order valence-corrected chi connectivity index (χ2v) is 5.14. The number of hydrogen-bond donors (Lipinski definition) is 1. The minimum atomic E-state index is -2.83. The molecule has 25 heavy (non-hydrogen) atoms. The number of methoxy groups -OCH3 is 1. The van der Waals surface area contributed by atoms with E-state index in [1.807, 2.05) is 24.3 Å². The first-order valence-electron chi connectivity index (χ1n) is 7.71. The molecule has 0 saturated carbocycles. The maximum atomic E-state index is 12.1. The molecule has 1 amide bonds. The van der Waals surface area contributed by atoms with Gasteiger partial charge in [-0.25, -0.2) is 0 Å². The summed E-state index contributed by atoms with van der Waals surface area (Å²) >= 11 is 0. The highest BCUT2D eigenvalue weighted by Crippen LogP contribution is 2.18. The van der Waals surface area contributed by atoms with E-state index in [2.05, 4.69) is 10.1 Å². The van der Waals surface area contributed by atoms with Gasteiger partial charge in [-0.05, 0) is 36.3 Å². The molecule has 0 unspecified atom stereocenters. The minimum Gasteiger partial charge on any atom is -0.496 e. The van der Waals surface area contributed by atoms with Crippen LogP contribution in [0.15, 0.2) is 54.6 Å². The van der Waals surface area contributed by atoms with Crippen LogP contribution in [0.5, 0.6) is 11.5 Å². The van der Waals surface area contributed by atoms with Crippen molar-refractivity contribution in [3.63, 3.8) is 0 Å². The van der Waals surface area contributed by atoms with E-state index in [0.29, 0.717) is 18.7 Å². The number of rotatable bonds is 8. The maximum Gasteiger partial charge on any atom is 0.387 e. The van der Waals surface area contributed by atoms with Crippen molar-refractivity contribution in [3.05, 3.63) is 65.7 Å². The molecule has 0 aliphatic heterocycles. The van der Waals surface area contributed by atoms with Crippen molar-refractivity contribution in [2.75, 3.05) is 13.7 Å². The van der Waals surface area contributed by atoms with Gasteiger partial charge in [0.2, 0.25) is 5.91 Å². The quantitative estimate of drug-likeness (QED) is 0.741. The van der Waals surface area contributed by atoms with Crippen LogP contribution in [-0.4, -0.2) is 26.2 Å². The van der Waals surface area contributed by atoms with E-state index in [4.69, 9.17) is 4.74 Å². The molecule has 0 aliphatic carbocycles. The third-order valence-electron chi connectivity index (χ3n) is 3.41. The number of amides is 1.